The van der Waals surface area contributed by atoms with Gasteiger partial charge in [0.1, 0.15) is 0 Å². The molecule has 2 atom stereocenters. The Morgan fingerprint density at radius 1 is 1.31 bits per heavy atom. The van der Waals surface area contributed by atoms with Gasteiger partial charge >= 0.3 is 13.7 Å². The van der Waals surface area contributed by atoms with Crippen LogP contribution >= 0.6 is 7.75 Å². The van der Waals surface area contributed by atoms with Crippen molar-refractivity contribution in [3.8, 4) is 0 Å². The highest BCUT2D eigenvalue weighted by Gasteiger charge is 2.51. The van der Waals surface area contributed by atoms with Gasteiger partial charge in [0, 0.05) is 25.0 Å². The Kier molecular flexibility index (Phi) is 6.50. The van der Waals surface area contributed by atoms with Crippen LogP contribution in [0, 0.1) is 5.41 Å². The van der Waals surface area contributed by atoms with Crippen LogP contribution in [0.3, 0.4) is 0 Å². The van der Waals surface area contributed by atoms with E-state index in [2.05, 4.69) is 10.1 Å². The molecule has 2 aliphatic rings. The summed E-state index contributed by atoms with van der Waals surface area (Å²) in [5.74, 6) is -1.24. The smallest absolute Gasteiger partial charge is 0.409 e. The predicted molar refractivity (Wildman–Crippen MR) is 92.1 cm³/mol. The molecule has 2 fully saturated rings. The number of carbonyl (C=O) groups excluding carboxylic acids is 2. The Hall–Kier alpha value is -1.00. The van der Waals surface area contributed by atoms with Crippen LogP contribution in [0.25, 0.3) is 0 Å². The van der Waals surface area contributed by atoms with Gasteiger partial charge in [0.15, 0.2) is 15.9 Å². The lowest BCUT2D eigenvalue weighted by Crippen LogP contribution is -2.52. The predicted octanol–water partition coefficient (Wildman–Crippen LogP) is -0.0542. The van der Waals surface area contributed by atoms with Gasteiger partial charge in [-0.3, -0.25) is 18.6 Å². The number of carbonyl (C=O) groups is 2. The van der Waals surface area contributed by atoms with Crippen molar-refractivity contribution in [1.82, 2.24) is 9.99 Å². The molecule has 12 heteroatoms. The molecule has 1 N–H and O–H groups in total. The van der Waals surface area contributed by atoms with Crippen molar-refractivity contribution in [3.63, 3.8) is 0 Å². The molecule has 0 saturated carbocycles. The van der Waals surface area contributed by atoms with Gasteiger partial charge in [-0.15, -0.1) is 0 Å². The van der Waals surface area contributed by atoms with Crippen molar-refractivity contribution >= 4 is 29.5 Å². The third-order valence-corrected chi connectivity index (χ3v) is 7.94. The van der Waals surface area contributed by atoms with E-state index in [-0.39, 0.29) is 44.2 Å². The fourth-order valence-electron chi connectivity index (χ4n) is 2.61. The summed E-state index contributed by atoms with van der Waals surface area (Å²) in [6, 6.07) is 0. The molecule has 0 bridgehead atoms. The van der Waals surface area contributed by atoms with Gasteiger partial charge in [-0.1, -0.05) is 13.8 Å². The van der Waals surface area contributed by atoms with Gasteiger partial charge in [-0.05, 0) is 0 Å². The molecule has 2 rings (SSSR count). The Labute approximate surface area is 153 Å². The monoisotopic (exact) mass is 412 g/mol. The first-order chi connectivity index (χ1) is 12.0. The van der Waals surface area contributed by atoms with Gasteiger partial charge in [0.2, 0.25) is 5.91 Å². The zero-order chi connectivity index (χ0) is 19.6. The van der Waals surface area contributed by atoms with Crippen molar-refractivity contribution in [2.24, 2.45) is 5.41 Å². The van der Waals surface area contributed by atoms with E-state index in [1.54, 1.807) is 13.8 Å². The Morgan fingerprint density at radius 3 is 2.50 bits per heavy atom. The summed E-state index contributed by atoms with van der Waals surface area (Å²) in [5, 5.41) is 2.57. The zero-order valence-corrected chi connectivity index (χ0v) is 16.8. The van der Waals surface area contributed by atoms with Crippen LogP contribution in [0.4, 0.5) is 0 Å². The number of nitrogens with one attached hydrogen (secondary N) is 1. The van der Waals surface area contributed by atoms with Crippen molar-refractivity contribution in [2.45, 2.75) is 26.4 Å². The average molecular weight is 412 g/mol. The number of esters is 1. The summed E-state index contributed by atoms with van der Waals surface area (Å²) >= 11 is 0. The molecule has 26 heavy (non-hydrogen) atoms. The molecule has 0 radical (unpaired) electrons. The normalized spacial score (nSPS) is 31.1. The molecule has 10 nitrogen and oxygen atoms in total. The number of nitrogens with zero attached hydrogens (tertiary/aromatic N) is 1. The molecule has 0 aromatic carbocycles. The lowest BCUT2D eigenvalue weighted by molar-refractivity contribution is -0.142. The number of methoxy groups -OCH3 is 1. The molecule has 2 saturated heterocycles. The van der Waals surface area contributed by atoms with Crippen LogP contribution in [-0.2, 0) is 37.8 Å². The maximum absolute atomic E-state index is 13.1. The molecule has 0 aliphatic carbocycles. The van der Waals surface area contributed by atoms with Crippen LogP contribution in [-0.4, -0.2) is 75.9 Å². The number of rotatable bonds is 5. The van der Waals surface area contributed by atoms with E-state index < -0.39 is 41.0 Å². The molecule has 1 amide bonds. The average Bonchev–Trinajstić information content (AvgIpc) is 2.56. The van der Waals surface area contributed by atoms with Crippen LogP contribution in [0.2, 0.25) is 0 Å². The molecular formula is C14H25N2O8PS. The number of hydrogen-bond acceptors (Lipinski definition) is 8. The van der Waals surface area contributed by atoms with Gasteiger partial charge < -0.3 is 10.1 Å². The van der Waals surface area contributed by atoms with Crippen molar-refractivity contribution in [1.29, 1.82) is 0 Å². The van der Waals surface area contributed by atoms with Crippen LogP contribution in [0.5, 0.6) is 0 Å². The van der Waals surface area contributed by atoms with E-state index in [0.29, 0.717) is 0 Å². The molecular weight excluding hydrogens is 387 g/mol. The lowest BCUT2D eigenvalue weighted by atomic mass is 9.87. The highest BCUT2D eigenvalue weighted by atomic mass is 32.2. The fraction of sp³-hybridized carbons (Fsp3) is 0.857. The SMILES string of the molecule is COC(=O)CCNC(=O)[C@@H]1O[P@@](=O)(N2CCS(=O)(=O)CC2)OCC1(C)C. The molecule has 2 heterocycles. The van der Waals surface area contributed by atoms with E-state index in [0.717, 1.165) is 0 Å². The van der Waals surface area contributed by atoms with Crippen molar-refractivity contribution < 1.29 is 36.4 Å². The van der Waals surface area contributed by atoms with E-state index in [1.807, 2.05) is 0 Å². The lowest BCUT2D eigenvalue weighted by Gasteiger charge is -2.43. The van der Waals surface area contributed by atoms with Gasteiger partial charge in [-0.25, -0.2) is 17.7 Å². The summed E-state index contributed by atoms with van der Waals surface area (Å²) in [6.07, 6.45) is -1.05. The molecule has 0 aromatic rings. The summed E-state index contributed by atoms with van der Waals surface area (Å²) < 4.78 is 53.1. The highest BCUT2D eigenvalue weighted by molar-refractivity contribution is 7.91. The number of amides is 1. The molecule has 0 aromatic heterocycles. The largest absolute Gasteiger partial charge is 0.469 e. The molecule has 0 spiro atoms. The quantitative estimate of drug-likeness (QED) is 0.488. The summed E-state index contributed by atoms with van der Waals surface area (Å²) in [7, 11) is -5.68. The van der Waals surface area contributed by atoms with E-state index in [1.165, 1.54) is 11.8 Å². The first-order valence-electron chi connectivity index (χ1n) is 8.22. The number of ether oxygens (including phenoxy) is 1. The molecule has 0 unspecified atom stereocenters. The Bertz CT molecular complexity index is 694. The summed E-state index contributed by atoms with van der Waals surface area (Å²) in [4.78, 5) is 23.6. The van der Waals surface area contributed by atoms with E-state index in [4.69, 9.17) is 9.05 Å². The van der Waals surface area contributed by atoms with Crippen LogP contribution < -0.4 is 5.32 Å². The zero-order valence-electron chi connectivity index (χ0n) is 15.1. The second kappa shape index (κ2) is 7.93. The maximum atomic E-state index is 13.1. The topological polar surface area (TPSA) is 128 Å². The first kappa shape index (κ1) is 21.3. The Balaban J connectivity index is 2.04. The minimum atomic E-state index is -3.78. The second-order valence-corrected chi connectivity index (χ2v) is 11.2. The van der Waals surface area contributed by atoms with Gasteiger partial charge in [-0.2, -0.15) is 0 Å². The summed E-state index contributed by atoms with van der Waals surface area (Å²) in [6.45, 7) is 3.61. The molecule has 150 valence electrons. The van der Waals surface area contributed by atoms with Crippen molar-refractivity contribution in [2.75, 3.05) is 44.9 Å². The number of hydrogen-bond donors (Lipinski definition) is 1. The summed E-state index contributed by atoms with van der Waals surface area (Å²) in [5.41, 5.74) is -0.745. The van der Waals surface area contributed by atoms with Gasteiger partial charge in [0.05, 0.1) is 31.6 Å². The van der Waals surface area contributed by atoms with Crippen LogP contribution in [0.15, 0.2) is 0 Å². The second-order valence-electron chi connectivity index (χ2n) is 6.94. The van der Waals surface area contributed by atoms with Gasteiger partial charge in [0.25, 0.3) is 0 Å². The fourth-order valence-corrected chi connectivity index (χ4v) is 6.27. The van der Waals surface area contributed by atoms with Crippen LogP contribution in [0.1, 0.15) is 20.3 Å². The molecule has 2 aliphatic heterocycles. The minimum absolute atomic E-state index is 0.00747. The third kappa shape index (κ3) is 5.04. The van der Waals surface area contributed by atoms with E-state index in [9.17, 15) is 22.6 Å². The standard InChI is InChI=1S/C14H25N2O8PS/c1-14(2)10-23-25(19,16-6-8-26(20,21)9-7-16)24-12(14)13(18)15-5-4-11(17)22-3/h12H,4-10H2,1-3H3,(H,15,18)/t12-,25+/m0/s1. The number of sulfone groups is 1. The first-order valence-corrected chi connectivity index (χ1v) is 11.5. The highest BCUT2D eigenvalue weighted by Crippen LogP contribution is 2.59. The minimum Gasteiger partial charge on any atom is -0.469 e. The Morgan fingerprint density at radius 2 is 1.92 bits per heavy atom. The third-order valence-electron chi connectivity index (χ3n) is 4.31. The maximum Gasteiger partial charge on any atom is 0.409 e. The van der Waals surface area contributed by atoms with E-state index >= 15 is 0 Å². The van der Waals surface area contributed by atoms with Crippen molar-refractivity contribution in [3.05, 3.63) is 0 Å².